The molecule has 1 atom stereocenters. The van der Waals surface area contributed by atoms with Crippen molar-refractivity contribution in [3.63, 3.8) is 0 Å². The number of amides is 1. The summed E-state index contributed by atoms with van der Waals surface area (Å²) >= 11 is 12.1. The fourth-order valence-electron chi connectivity index (χ4n) is 2.72. The second-order valence-electron chi connectivity index (χ2n) is 6.93. The van der Waals surface area contributed by atoms with Gasteiger partial charge in [-0.2, -0.15) is 5.10 Å². The molecule has 5 N–H and O–H groups in total. The molecule has 3 rings (SSSR count). The van der Waals surface area contributed by atoms with Crippen molar-refractivity contribution in [1.29, 1.82) is 0 Å². The van der Waals surface area contributed by atoms with Crippen LogP contribution >= 0.6 is 23.2 Å². The Morgan fingerprint density at radius 3 is 2.58 bits per heavy atom. The number of amidine groups is 1. The van der Waals surface area contributed by atoms with Gasteiger partial charge in [0.15, 0.2) is 0 Å². The maximum Gasteiger partial charge on any atom is 0.316 e. The van der Waals surface area contributed by atoms with E-state index in [1.165, 1.54) is 23.6 Å². The first-order chi connectivity index (χ1) is 15.7. The number of ether oxygens (including phenoxy) is 1. The van der Waals surface area contributed by atoms with Crippen LogP contribution in [-0.2, 0) is 0 Å². The Kier molecular flexibility index (Phi) is 9.71. The number of hydrazine groups is 1. The van der Waals surface area contributed by atoms with Crippen LogP contribution in [0.3, 0.4) is 0 Å². The zero-order valence-corrected chi connectivity index (χ0v) is 20.4. The monoisotopic (exact) mass is 494 g/mol. The molecule has 0 unspecified atom stereocenters. The molecule has 0 bridgehead atoms. The third-order valence-electron chi connectivity index (χ3n) is 4.21. The summed E-state index contributed by atoms with van der Waals surface area (Å²) in [7, 11) is 1.64. The first kappa shape index (κ1) is 26.2. The lowest BCUT2D eigenvalue weighted by Gasteiger charge is -2.14. The van der Waals surface area contributed by atoms with Crippen molar-refractivity contribution in [3.05, 3.63) is 58.1 Å². The fraction of sp³-hybridized carbons (Fsp3) is 0.333. The lowest BCUT2D eigenvalue weighted by molar-refractivity contribution is 0.0975. The molecular formula is C21H28Cl2N8O2. The highest BCUT2D eigenvalue weighted by molar-refractivity contribution is 6.42. The molecule has 178 valence electrons. The van der Waals surface area contributed by atoms with Gasteiger partial charge in [-0.25, -0.2) is 15.8 Å². The van der Waals surface area contributed by atoms with Crippen molar-refractivity contribution >= 4 is 40.6 Å². The van der Waals surface area contributed by atoms with E-state index in [0.717, 1.165) is 5.69 Å². The summed E-state index contributed by atoms with van der Waals surface area (Å²) in [5.74, 6) is 5.62. The van der Waals surface area contributed by atoms with E-state index in [2.05, 4.69) is 20.4 Å². The molecule has 2 aromatic rings. The maximum atomic E-state index is 12.6. The third-order valence-corrected chi connectivity index (χ3v) is 4.95. The van der Waals surface area contributed by atoms with Crippen LogP contribution in [0.25, 0.3) is 0 Å². The normalized spacial score (nSPS) is 15.4. The number of anilines is 1. The number of nitrogens with one attached hydrogen (secondary N) is 1. The molecule has 1 aromatic carbocycles. The molecular weight excluding hydrogens is 467 g/mol. The minimum Gasteiger partial charge on any atom is -0.457 e. The van der Waals surface area contributed by atoms with Gasteiger partial charge in [-0.15, -0.1) is 0 Å². The highest BCUT2D eigenvalue weighted by Gasteiger charge is 2.26. The molecule has 12 heteroatoms. The third kappa shape index (κ3) is 7.48. The smallest absolute Gasteiger partial charge is 0.316 e. The highest BCUT2D eigenvalue weighted by atomic mass is 35.5. The summed E-state index contributed by atoms with van der Waals surface area (Å²) in [6.45, 7) is 6.61. The van der Waals surface area contributed by atoms with Crippen LogP contribution in [0.5, 0.6) is 6.01 Å². The Labute approximate surface area is 203 Å². The number of carbonyl (C=O) groups is 1. The highest BCUT2D eigenvalue weighted by Crippen LogP contribution is 2.29. The largest absolute Gasteiger partial charge is 0.457 e. The average molecular weight is 495 g/mol. The number of benzene rings is 1. The Morgan fingerprint density at radius 1 is 1.30 bits per heavy atom. The van der Waals surface area contributed by atoms with Crippen molar-refractivity contribution in [2.24, 2.45) is 22.6 Å². The summed E-state index contributed by atoms with van der Waals surface area (Å²) in [6.07, 6.45) is 4.24. The minimum absolute atomic E-state index is 0.00244. The Balaban J connectivity index is 0.00000187. The van der Waals surface area contributed by atoms with Crippen molar-refractivity contribution < 1.29 is 9.53 Å². The first-order valence-electron chi connectivity index (χ1n) is 10.2. The zero-order valence-electron chi connectivity index (χ0n) is 18.9. The maximum absolute atomic E-state index is 12.6. The second kappa shape index (κ2) is 12.2. The SMILES string of the molecule is CC.C[C@H]1CN(c2ccc(Cl)c(Cl)c2)N=C1NC(=O)c1cnc(OC/C(N)=C/N(C)N)nc1. The van der Waals surface area contributed by atoms with Gasteiger partial charge >= 0.3 is 6.01 Å². The van der Waals surface area contributed by atoms with E-state index >= 15 is 0 Å². The van der Waals surface area contributed by atoms with E-state index < -0.39 is 0 Å². The molecule has 0 saturated heterocycles. The molecule has 0 radical (unpaired) electrons. The molecule has 2 heterocycles. The van der Waals surface area contributed by atoms with Crippen LogP contribution in [0.15, 0.2) is 47.6 Å². The summed E-state index contributed by atoms with van der Waals surface area (Å²) in [4.78, 5) is 20.6. The molecule has 1 aliphatic rings. The fourth-order valence-corrected chi connectivity index (χ4v) is 3.01. The number of hydrazone groups is 1. The van der Waals surface area contributed by atoms with Gasteiger partial charge in [-0.3, -0.25) is 9.80 Å². The van der Waals surface area contributed by atoms with Crippen molar-refractivity contribution in [3.8, 4) is 6.01 Å². The number of hydrogen-bond donors (Lipinski definition) is 3. The van der Waals surface area contributed by atoms with E-state index in [4.69, 9.17) is 39.5 Å². The van der Waals surface area contributed by atoms with Gasteiger partial charge in [0.05, 0.1) is 33.5 Å². The van der Waals surface area contributed by atoms with Gasteiger partial charge in [0, 0.05) is 31.6 Å². The van der Waals surface area contributed by atoms with Gasteiger partial charge in [0.25, 0.3) is 5.91 Å². The Bertz CT molecular complexity index is 1010. The molecule has 1 aliphatic heterocycles. The van der Waals surface area contributed by atoms with E-state index in [-0.39, 0.29) is 30.0 Å². The van der Waals surface area contributed by atoms with Crippen LogP contribution < -0.4 is 26.6 Å². The van der Waals surface area contributed by atoms with Crippen molar-refractivity contribution in [2.75, 3.05) is 25.2 Å². The van der Waals surface area contributed by atoms with Gasteiger partial charge < -0.3 is 20.8 Å². The Morgan fingerprint density at radius 2 is 1.97 bits per heavy atom. The minimum atomic E-state index is -0.377. The average Bonchev–Trinajstić information content (AvgIpc) is 3.15. The molecule has 0 fully saturated rings. The molecule has 1 aromatic heterocycles. The van der Waals surface area contributed by atoms with Gasteiger partial charge in [0.1, 0.15) is 12.4 Å². The predicted molar refractivity (Wildman–Crippen MR) is 131 cm³/mol. The summed E-state index contributed by atoms with van der Waals surface area (Å²) in [5, 5.41) is 11.3. The molecule has 0 spiro atoms. The van der Waals surface area contributed by atoms with E-state index in [9.17, 15) is 4.79 Å². The molecule has 0 saturated carbocycles. The predicted octanol–water partition coefficient (Wildman–Crippen LogP) is 2.99. The van der Waals surface area contributed by atoms with Crippen molar-refractivity contribution in [1.82, 2.24) is 20.3 Å². The Hall–Kier alpha value is -3.08. The van der Waals surface area contributed by atoms with Gasteiger partial charge in [-0.05, 0) is 18.2 Å². The number of nitrogens with two attached hydrogens (primary N) is 2. The summed E-state index contributed by atoms with van der Waals surface area (Å²) in [6, 6.07) is 5.33. The van der Waals surface area contributed by atoms with Crippen LogP contribution in [0.2, 0.25) is 10.0 Å². The van der Waals surface area contributed by atoms with Crippen LogP contribution in [0.4, 0.5) is 5.69 Å². The number of aromatic nitrogens is 2. The first-order valence-corrected chi connectivity index (χ1v) is 11.0. The van der Waals surface area contributed by atoms with Crippen molar-refractivity contribution in [2.45, 2.75) is 20.8 Å². The number of rotatable bonds is 6. The molecule has 10 nitrogen and oxygen atoms in total. The lowest BCUT2D eigenvalue weighted by atomic mass is 10.1. The van der Waals surface area contributed by atoms with Gasteiger partial charge in [-0.1, -0.05) is 44.0 Å². The number of halogens is 2. The summed E-state index contributed by atoms with van der Waals surface area (Å²) < 4.78 is 5.35. The number of carbonyl (C=O) groups excluding carboxylic acids is 1. The van der Waals surface area contributed by atoms with E-state index in [1.54, 1.807) is 24.2 Å². The van der Waals surface area contributed by atoms with Crippen LogP contribution in [-0.4, -0.2) is 46.9 Å². The topological polar surface area (TPSA) is 135 Å². The van der Waals surface area contributed by atoms with Gasteiger partial charge in [0.2, 0.25) is 0 Å². The lowest BCUT2D eigenvalue weighted by Crippen LogP contribution is -2.33. The number of nitrogens with zero attached hydrogens (tertiary/aromatic N) is 5. The number of hydrogen-bond acceptors (Lipinski definition) is 9. The summed E-state index contributed by atoms with van der Waals surface area (Å²) in [5.41, 5.74) is 7.18. The van der Waals surface area contributed by atoms with E-state index in [1.807, 2.05) is 26.8 Å². The molecule has 33 heavy (non-hydrogen) atoms. The standard InChI is InChI=1S/C19H22Cl2N8O2.C2H6/c1-11-8-29(14-3-4-15(20)16(21)5-14)27-17(11)26-18(30)12-6-24-19(25-7-12)31-10-13(22)9-28(2)23;1-2/h3-7,9,11H,8,10,22-23H2,1-2H3,(H,26,27,30);1-2H3/b13-9-;/t11-;/m0./s1. The van der Waals surface area contributed by atoms with Crippen LogP contribution in [0.1, 0.15) is 31.1 Å². The quantitative estimate of drug-likeness (QED) is 0.411. The second-order valence-corrected chi connectivity index (χ2v) is 7.75. The van der Waals surface area contributed by atoms with Crippen LogP contribution in [0, 0.1) is 5.92 Å². The zero-order chi connectivity index (χ0) is 24.5. The van der Waals surface area contributed by atoms with E-state index in [0.29, 0.717) is 28.1 Å². The molecule has 0 aliphatic carbocycles. The molecule has 1 amide bonds.